The van der Waals surface area contributed by atoms with Crippen LogP contribution in [0.4, 0.5) is 8.78 Å². The molecule has 1 N–H and O–H groups in total. The maximum Gasteiger partial charge on any atom is 0.297 e. The lowest BCUT2D eigenvalue weighted by molar-refractivity contribution is 0.0512. The molecule has 2 saturated heterocycles. The number of H-pyrrole nitrogens is 1. The first-order chi connectivity index (χ1) is 18.9. The first kappa shape index (κ1) is 25.6. The van der Waals surface area contributed by atoms with Gasteiger partial charge in [0.15, 0.2) is 12.6 Å². The number of benzene rings is 2. The Kier molecular flexibility index (Phi) is 6.68. The second-order valence-electron chi connectivity index (χ2n) is 10.3. The molecule has 2 aliphatic heterocycles. The number of halogens is 2. The van der Waals surface area contributed by atoms with E-state index in [0.717, 1.165) is 42.1 Å². The van der Waals surface area contributed by atoms with E-state index >= 15 is 4.39 Å². The van der Waals surface area contributed by atoms with Crippen molar-refractivity contribution >= 4 is 21.7 Å². The number of hydrogen-bond acceptors (Lipinski definition) is 7. The minimum Gasteiger partial charge on any atom is -0.468 e. The highest BCUT2D eigenvalue weighted by Gasteiger charge is 2.49. The van der Waals surface area contributed by atoms with Crippen LogP contribution >= 0.6 is 0 Å². The second-order valence-corrected chi connectivity index (χ2v) is 10.3. The van der Waals surface area contributed by atoms with Crippen molar-refractivity contribution in [2.45, 2.75) is 44.3 Å². The quantitative estimate of drug-likeness (QED) is 0.324. The van der Waals surface area contributed by atoms with Gasteiger partial charge in [-0.1, -0.05) is 25.1 Å². The van der Waals surface area contributed by atoms with E-state index in [1.54, 1.807) is 6.07 Å². The highest BCUT2D eigenvalue weighted by molar-refractivity contribution is 6.00. The lowest BCUT2D eigenvalue weighted by Gasteiger charge is -2.30. The van der Waals surface area contributed by atoms with E-state index in [4.69, 9.17) is 14.2 Å². The average Bonchev–Trinajstić information content (AvgIpc) is 3.46. The van der Waals surface area contributed by atoms with Crippen LogP contribution in [0, 0.1) is 5.82 Å². The van der Waals surface area contributed by atoms with Crippen LogP contribution < -0.4 is 15.0 Å². The SMILES string of the molecule is CCc1cccc2cc(OCOC)cc(-c3ncc4c(=O)[nH]c(OC[C@@]56CCCN5C[C@H](F)C6)nc4c3F)c12. The molecular weight excluding hydrogens is 506 g/mol. The zero-order chi connectivity index (χ0) is 27.1. The van der Waals surface area contributed by atoms with E-state index in [1.165, 1.54) is 13.3 Å². The van der Waals surface area contributed by atoms with Crippen LogP contribution in [0.2, 0.25) is 0 Å². The molecule has 0 spiro atoms. The van der Waals surface area contributed by atoms with E-state index < -0.39 is 23.1 Å². The molecule has 2 aromatic carbocycles. The summed E-state index contributed by atoms with van der Waals surface area (Å²) >= 11 is 0. The van der Waals surface area contributed by atoms with Gasteiger partial charge in [0.25, 0.3) is 11.6 Å². The summed E-state index contributed by atoms with van der Waals surface area (Å²) in [4.78, 5) is 26.3. The van der Waals surface area contributed by atoms with Crippen LogP contribution in [0.25, 0.3) is 32.9 Å². The van der Waals surface area contributed by atoms with Gasteiger partial charge in [0, 0.05) is 31.8 Å². The van der Waals surface area contributed by atoms with Crippen molar-refractivity contribution in [1.82, 2.24) is 19.9 Å². The summed E-state index contributed by atoms with van der Waals surface area (Å²) < 4.78 is 47.0. The van der Waals surface area contributed by atoms with Gasteiger partial charge in [0.1, 0.15) is 29.7 Å². The number of aromatic amines is 1. The van der Waals surface area contributed by atoms with Gasteiger partial charge in [-0.05, 0) is 54.3 Å². The highest BCUT2D eigenvalue weighted by Crippen LogP contribution is 2.40. The highest BCUT2D eigenvalue weighted by atomic mass is 19.1. The summed E-state index contributed by atoms with van der Waals surface area (Å²) in [5.41, 5.74) is 0.484. The van der Waals surface area contributed by atoms with E-state index in [1.807, 2.05) is 31.2 Å². The topological polar surface area (TPSA) is 89.6 Å². The molecule has 0 saturated carbocycles. The molecule has 0 aliphatic carbocycles. The number of nitrogens with one attached hydrogen (secondary N) is 1. The summed E-state index contributed by atoms with van der Waals surface area (Å²) in [6, 6.07) is 9.38. The van der Waals surface area contributed by atoms with Crippen molar-refractivity contribution in [1.29, 1.82) is 0 Å². The fourth-order valence-electron chi connectivity index (χ4n) is 6.12. The van der Waals surface area contributed by atoms with Gasteiger partial charge in [0.05, 0.1) is 10.9 Å². The Bertz CT molecular complexity index is 1610. The number of ether oxygens (including phenoxy) is 3. The standard InChI is InChI=1S/C29H30F2N4O4/c1-3-17-6-4-7-18-10-20(39-16-37-2)11-21(23(17)18)25-24(31)26-22(13-32-25)27(36)34-28(33-26)38-15-29-8-5-9-35(29)14-19(30)12-29/h4,6-7,10-11,13,19H,3,5,8-9,12,14-16H2,1-2H3,(H,33,34,36)/t19-,29+/m1/s1. The van der Waals surface area contributed by atoms with Gasteiger partial charge in [-0.3, -0.25) is 19.7 Å². The third kappa shape index (κ3) is 4.51. The molecule has 4 heterocycles. The monoisotopic (exact) mass is 536 g/mol. The third-order valence-electron chi connectivity index (χ3n) is 7.93. The van der Waals surface area contributed by atoms with Gasteiger partial charge in [-0.2, -0.15) is 4.98 Å². The average molecular weight is 537 g/mol. The molecular formula is C29H30F2N4O4. The first-order valence-corrected chi connectivity index (χ1v) is 13.2. The summed E-state index contributed by atoms with van der Waals surface area (Å²) in [7, 11) is 1.52. The van der Waals surface area contributed by atoms with Crippen LogP contribution in [-0.2, 0) is 11.2 Å². The van der Waals surface area contributed by atoms with E-state index in [9.17, 15) is 9.18 Å². The molecule has 6 rings (SSSR count). The van der Waals surface area contributed by atoms with E-state index in [-0.39, 0.29) is 36.0 Å². The van der Waals surface area contributed by atoms with Crippen LogP contribution in [0.5, 0.6) is 11.8 Å². The number of methoxy groups -OCH3 is 1. The Morgan fingerprint density at radius 2 is 2.13 bits per heavy atom. The Hall–Kier alpha value is -3.63. The van der Waals surface area contributed by atoms with Crippen LogP contribution in [0.1, 0.15) is 31.7 Å². The van der Waals surface area contributed by atoms with Gasteiger partial charge in [0.2, 0.25) is 0 Å². The number of aryl methyl sites for hydroxylation is 1. The number of hydrogen-bond donors (Lipinski definition) is 1. The molecule has 4 aromatic rings. The van der Waals surface area contributed by atoms with Gasteiger partial charge < -0.3 is 14.2 Å². The smallest absolute Gasteiger partial charge is 0.297 e. The number of rotatable bonds is 8. The molecule has 2 aromatic heterocycles. The third-order valence-corrected chi connectivity index (χ3v) is 7.93. The fourth-order valence-corrected chi connectivity index (χ4v) is 6.12. The fraction of sp³-hybridized carbons (Fsp3) is 0.414. The van der Waals surface area contributed by atoms with Crippen LogP contribution in [0.3, 0.4) is 0 Å². The normalized spacial score (nSPS) is 21.1. The number of alkyl halides is 1. The molecule has 2 fully saturated rings. The number of fused-ring (bicyclic) bond motifs is 3. The second kappa shape index (κ2) is 10.2. The van der Waals surface area contributed by atoms with Gasteiger partial charge in [-0.15, -0.1) is 0 Å². The Balaban J connectivity index is 1.44. The van der Waals surface area contributed by atoms with Crippen molar-refractivity contribution in [3.63, 3.8) is 0 Å². The predicted octanol–water partition coefficient (Wildman–Crippen LogP) is 4.78. The summed E-state index contributed by atoms with van der Waals surface area (Å²) in [5.74, 6) is -0.232. The zero-order valence-electron chi connectivity index (χ0n) is 21.9. The largest absolute Gasteiger partial charge is 0.468 e. The van der Waals surface area contributed by atoms with Crippen molar-refractivity contribution in [2.24, 2.45) is 0 Å². The summed E-state index contributed by atoms with van der Waals surface area (Å²) in [6.07, 6.45) is 3.29. The van der Waals surface area contributed by atoms with Crippen molar-refractivity contribution in [3.8, 4) is 23.0 Å². The van der Waals surface area contributed by atoms with Crippen LogP contribution in [0.15, 0.2) is 41.3 Å². The zero-order valence-corrected chi connectivity index (χ0v) is 21.9. The first-order valence-electron chi connectivity index (χ1n) is 13.2. The Labute approximate surface area is 223 Å². The van der Waals surface area contributed by atoms with Gasteiger partial charge in [-0.25, -0.2) is 8.78 Å². The molecule has 204 valence electrons. The number of nitrogens with zero attached hydrogens (tertiary/aromatic N) is 3. The molecule has 39 heavy (non-hydrogen) atoms. The molecule has 2 aliphatic rings. The molecule has 8 nitrogen and oxygen atoms in total. The molecule has 2 atom stereocenters. The summed E-state index contributed by atoms with van der Waals surface area (Å²) in [6.45, 7) is 3.44. The Morgan fingerprint density at radius 3 is 2.95 bits per heavy atom. The number of pyridine rings is 1. The minimum atomic E-state index is -0.907. The maximum atomic E-state index is 16.2. The van der Waals surface area contributed by atoms with Crippen molar-refractivity contribution in [2.75, 3.05) is 33.6 Å². The maximum absolute atomic E-state index is 16.2. The Morgan fingerprint density at radius 1 is 1.26 bits per heavy atom. The molecule has 0 bridgehead atoms. The molecule has 0 radical (unpaired) electrons. The molecule has 10 heteroatoms. The van der Waals surface area contributed by atoms with Crippen LogP contribution in [-0.4, -0.2) is 65.2 Å². The summed E-state index contributed by atoms with van der Waals surface area (Å²) in [5, 5.41) is 1.73. The number of aromatic nitrogens is 3. The van der Waals surface area contributed by atoms with E-state index in [2.05, 4.69) is 19.9 Å². The van der Waals surface area contributed by atoms with Crippen molar-refractivity contribution < 1.29 is 23.0 Å². The van der Waals surface area contributed by atoms with E-state index in [0.29, 0.717) is 24.3 Å². The lowest BCUT2D eigenvalue weighted by atomic mass is 9.95. The molecule has 0 amide bonds. The molecule has 0 unspecified atom stereocenters. The lowest BCUT2D eigenvalue weighted by Crippen LogP contribution is -2.43. The predicted molar refractivity (Wildman–Crippen MR) is 143 cm³/mol. The minimum absolute atomic E-state index is 0.0146. The van der Waals surface area contributed by atoms with Gasteiger partial charge >= 0.3 is 0 Å². The van der Waals surface area contributed by atoms with Crippen molar-refractivity contribution in [3.05, 3.63) is 58.3 Å².